The van der Waals surface area contributed by atoms with E-state index < -0.39 is 35.5 Å². The Bertz CT molecular complexity index is 805. The summed E-state index contributed by atoms with van der Waals surface area (Å²) in [5, 5.41) is 2.36. The SMILES string of the molecule is COC(=O)[C@H](Cc1cccc(C(F)(F)F)c1)NC(=O)c1cccc(F)c1. The van der Waals surface area contributed by atoms with Gasteiger partial charge in [-0.2, -0.15) is 13.2 Å². The Morgan fingerprint density at radius 3 is 2.42 bits per heavy atom. The number of hydrogen-bond donors (Lipinski definition) is 1. The zero-order valence-electron chi connectivity index (χ0n) is 13.6. The largest absolute Gasteiger partial charge is 0.467 e. The summed E-state index contributed by atoms with van der Waals surface area (Å²) >= 11 is 0. The van der Waals surface area contributed by atoms with Crippen LogP contribution in [0.2, 0.25) is 0 Å². The number of carbonyl (C=O) groups is 2. The van der Waals surface area contributed by atoms with Crippen LogP contribution in [0.1, 0.15) is 21.5 Å². The fourth-order valence-corrected chi connectivity index (χ4v) is 2.32. The Labute approximate surface area is 146 Å². The zero-order valence-corrected chi connectivity index (χ0v) is 13.6. The van der Waals surface area contributed by atoms with E-state index in [1.165, 1.54) is 24.3 Å². The van der Waals surface area contributed by atoms with E-state index in [0.717, 1.165) is 31.4 Å². The number of benzene rings is 2. The monoisotopic (exact) mass is 369 g/mol. The summed E-state index contributed by atoms with van der Waals surface area (Å²) in [6.45, 7) is 0. The highest BCUT2D eigenvalue weighted by Crippen LogP contribution is 2.29. The number of carbonyl (C=O) groups excluding carboxylic acids is 2. The van der Waals surface area contributed by atoms with Crippen LogP contribution in [0.15, 0.2) is 48.5 Å². The number of esters is 1. The molecular weight excluding hydrogens is 354 g/mol. The van der Waals surface area contributed by atoms with Crippen LogP contribution in [0.25, 0.3) is 0 Å². The summed E-state index contributed by atoms with van der Waals surface area (Å²) in [4.78, 5) is 24.1. The molecule has 0 saturated heterocycles. The van der Waals surface area contributed by atoms with Gasteiger partial charge in [-0.3, -0.25) is 4.79 Å². The first-order valence-electron chi connectivity index (χ1n) is 7.51. The minimum absolute atomic E-state index is 0.0251. The third-order valence-corrected chi connectivity index (χ3v) is 3.57. The molecule has 0 aliphatic rings. The van der Waals surface area contributed by atoms with Crippen molar-refractivity contribution in [2.45, 2.75) is 18.6 Å². The first-order valence-corrected chi connectivity index (χ1v) is 7.51. The van der Waals surface area contributed by atoms with Crippen LogP contribution in [0, 0.1) is 5.82 Å². The summed E-state index contributed by atoms with van der Waals surface area (Å²) in [6.07, 6.45) is -4.74. The van der Waals surface area contributed by atoms with Gasteiger partial charge in [0.05, 0.1) is 12.7 Å². The standard InChI is InChI=1S/C18H15F4NO3/c1-26-17(25)15(23-16(24)12-5-3-7-14(19)10-12)9-11-4-2-6-13(8-11)18(20,21)22/h2-8,10,15H,9H2,1H3,(H,23,24)/t15-/m0/s1. The van der Waals surface area contributed by atoms with Gasteiger partial charge in [-0.1, -0.05) is 24.3 Å². The molecule has 0 unspecified atom stereocenters. The number of methoxy groups -OCH3 is 1. The van der Waals surface area contributed by atoms with Gasteiger partial charge >= 0.3 is 12.1 Å². The third-order valence-electron chi connectivity index (χ3n) is 3.57. The van der Waals surface area contributed by atoms with Crippen molar-refractivity contribution in [1.29, 1.82) is 0 Å². The summed E-state index contributed by atoms with van der Waals surface area (Å²) in [5.74, 6) is -2.20. The van der Waals surface area contributed by atoms with Crippen molar-refractivity contribution in [3.05, 3.63) is 71.0 Å². The quantitative estimate of drug-likeness (QED) is 0.650. The minimum Gasteiger partial charge on any atom is -0.467 e. The van der Waals surface area contributed by atoms with Crippen molar-refractivity contribution in [2.24, 2.45) is 0 Å². The molecule has 8 heteroatoms. The second-order valence-electron chi connectivity index (χ2n) is 5.46. The summed E-state index contributed by atoms with van der Waals surface area (Å²) in [7, 11) is 1.09. The molecule has 0 fully saturated rings. The third kappa shape index (κ3) is 5.05. The summed E-state index contributed by atoms with van der Waals surface area (Å²) in [5.41, 5.74) is -0.701. The maximum Gasteiger partial charge on any atom is 0.416 e. The van der Waals surface area contributed by atoms with Crippen molar-refractivity contribution in [2.75, 3.05) is 7.11 Å². The lowest BCUT2D eigenvalue weighted by Gasteiger charge is -2.17. The van der Waals surface area contributed by atoms with Crippen LogP contribution in [0.3, 0.4) is 0 Å². The molecule has 0 aliphatic carbocycles. The van der Waals surface area contributed by atoms with Crippen molar-refractivity contribution in [3.8, 4) is 0 Å². The average Bonchev–Trinajstić information content (AvgIpc) is 2.60. The Kier molecular flexibility index (Phi) is 5.97. The smallest absolute Gasteiger partial charge is 0.416 e. The van der Waals surface area contributed by atoms with Crippen molar-refractivity contribution in [3.63, 3.8) is 0 Å². The van der Waals surface area contributed by atoms with Crippen molar-refractivity contribution in [1.82, 2.24) is 5.32 Å². The number of hydrogen-bond acceptors (Lipinski definition) is 3. The molecule has 0 saturated carbocycles. The van der Waals surface area contributed by atoms with Crippen LogP contribution >= 0.6 is 0 Å². The summed E-state index contributed by atoms with van der Waals surface area (Å²) in [6, 6.07) is 7.98. The number of halogens is 4. The molecule has 0 bridgehead atoms. The van der Waals surface area contributed by atoms with Crippen LogP contribution in [-0.2, 0) is 22.1 Å². The van der Waals surface area contributed by atoms with E-state index in [4.69, 9.17) is 0 Å². The molecule has 0 aromatic heterocycles. The zero-order chi connectivity index (χ0) is 19.3. The first kappa shape index (κ1) is 19.4. The number of nitrogens with one attached hydrogen (secondary N) is 1. The van der Waals surface area contributed by atoms with Gasteiger partial charge in [-0.05, 0) is 29.8 Å². The van der Waals surface area contributed by atoms with E-state index in [2.05, 4.69) is 10.1 Å². The average molecular weight is 369 g/mol. The fraction of sp³-hybridized carbons (Fsp3) is 0.222. The highest BCUT2D eigenvalue weighted by Gasteiger charge is 2.31. The molecular formula is C18H15F4NO3. The molecule has 138 valence electrons. The fourth-order valence-electron chi connectivity index (χ4n) is 2.32. The maximum absolute atomic E-state index is 13.2. The van der Waals surface area contributed by atoms with Crippen LogP contribution in [0.5, 0.6) is 0 Å². The minimum atomic E-state index is -4.53. The van der Waals surface area contributed by atoms with Gasteiger partial charge < -0.3 is 10.1 Å². The van der Waals surface area contributed by atoms with Gasteiger partial charge in [-0.25, -0.2) is 9.18 Å². The van der Waals surface area contributed by atoms with Crippen LogP contribution < -0.4 is 5.32 Å². The van der Waals surface area contributed by atoms with Crippen molar-refractivity contribution < 1.29 is 31.9 Å². The predicted octanol–water partition coefficient (Wildman–Crippen LogP) is 3.36. The summed E-state index contributed by atoms with van der Waals surface area (Å²) < 4.78 is 56.2. The van der Waals surface area contributed by atoms with Gasteiger partial charge in [0.2, 0.25) is 0 Å². The molecule has 1 atom stereocenters. The van der Waals surface area contributed by atoms with Gasteiger partial charge in [0, 0.05) is 12.0 Å². The number of rotatable bonds is 5. The topological polar surface area (TPSA) is 55.4 Å². The molecule has 26 heavy (non-hydrogen) atoms. The van der Waals surface area contributed by atoms with E-state index in [0.29, 0.717) is 0 Å². The lowest BCUT2D eigenvalue weighted by molar-refractivity contribution is -0.142. The Balaban J connectivity index is 2.20. The van der Waals surface area contributed by atoms with E-state index in [1.54, 1.807) is 0 Å². The molecule has 1 N–H and O–H groups in total. The second-order valence-corrected chi connectivity index (χ2v) is 5.46. The lowest BCUT2D eigenvalue weighted by Crippen LogP contribution is -2.43. The van der Waals surface area contributed by atoms with Crippen LogP contribution in [-0.4, -0.2) is 25.0 Å². The molecule has 4 nitrogen and oxygen atoms in total. The Hall–Kier alpha value is -2.90. The predicted molar refractivity (Wildman–Crippen MR) is 84.8 cm³/mol. The van der Waals surface area contributed by atoms with E-state index in [9.17, 15) is 27.2 Å². The van der Waals surface area contributed by atoms with Gasteiger partial charge in [0.25, 0.3) is 5.91 Å². The van der Waals surface area contributed by atoms with Crippen molar-refractivity contribution >= 4 is 11.9 Å². The second kappa shape index (κ2) is 7.99. The van der Waals surface area contributed by atoms with E-state index >= 15 is 0 Å². The molecule has 1 amide bonds. The molecule has 0 aliphatic heterocycles. The number of alkyl halides is 3. The highest BCUT2D eigenvalue weighted by atomic mass is 19.4. The number of ether oxygens (including phenoxy) is 1. The Morgan fingerprint density at radius 1 is 1.12 bits per heavy atom. The maximum atomic E-state index is 13.2. The van der Waals surface area contributed by atoms with Gasteiger partial charge in [0.1, 0.15) is 11.9 Å². The Morgan fingerprint density at radius 2 is 1.81 bits per heavy atom. The normalized spacial score (nSPS) is 12.3. The number of amides is 1. The lowest BCUT2D eigenvalue weighted by atomic mass is 10.0. The van der Waals surface area contributed by atoms with E-state index in [-0.39, 0.29) is 17.5 Å². The molecule has 0 spiro atoms. The molecule has 0 heterocycles. The highest BCUT2D eigenvalue weighted by molar-refractivity contribution is 5.96. The van der Waals surface area contributed by atoms with E-state index in [1.807, 2.05) is 0 Å². The molecule has 2 rings (SSSR count). The molecule has 2 aromatic carbocycles. The molecule has 2 aromatic rings. The van der Waals surface area contributed by atoms with Crippen LogP contribution in [0.4, 0.5) is 17.6 Å². The van der Waals surface area contributed by atoms with Gasteiger partial charge in [0.15, 0.2) is 0 Å². The van der Waals surface area contributed by atoms with Gasteiger partial charge in [-0.15, -0.1) is 0 Å². The molecule has 0 radical (unpaired) electrons. The first-order chi connectivity index (χ1) is 12.2.